The lowest BCUT2D eigenvalue weighted by molar-refractivity contribution is 0.0937. The molecule has 6 nitrogen and oxygen atoms in total. The second-order valence-corrected chi connectivity index (χ2v) is 9.34. The van der Waals surface area contributed by atoms with Gasteiger partial charge < -0.3 is 20.9 Å². The summed E-state index contributed by atoms with van der Waals surface area (Å²) < 4.78 is 43.9. The first-order valence-electron chi connectivity index (χ1n) is 11.0. The number of primary amides is 1. The van der Waals surface area contributed by atoms with Gasteiger partial charge in [-0.2, -0.15) is 0 Å². The van der Waals surface area contributed by atoms with E-state index in [0.717, 1.165) is 0 Å². The van der Waals surface area contributed by atoms with Crippen molar-refractivity contribution in [2.45, 2.75) is 39.5 Å². The van der Waals surface area contributed by atoms with Gasteiger partial charge in [0.1, 0.15) is 23.6 Å². The molecule has 9 heteroatoms. The van der Waals surface area contributed by atoms with E-state index in [1.807, 2.05) is 20.8 Å². The molecular formula is C25H30F3N5O. The molecule has 0 radical (unpaired) electrons. The van der Waals surface area contributed by atoms with Crippen molar-refractivity contribution in [3.8, 4) is 11.3 Å². The maximum Gasteiger partial charge on any atom is 0.315 e. The molecule has 2 amide bonds. The highest BCUT2D eigenvalue weighted by atomic mass is 19.1. The highest BCUT2D eigenvalue weighted by Crippen LogP contribution is 2.39. The molecule has 2 aromatic carbocycles. The lowest BCUT2D eigenvalue weighted by Gasteiger charge is -2.39. The van der Waals surface area contributed by atoms with E-state index in [4.69, 9.17) is 16.5 Å². The van der Waals surface area contributed by atoms with Crippen LogP contribution in [-0.4, -0.2) is 39.7 Å². The summed E-state index contributed by atoms with van der Waals surface area (Å²) in [7, 11) is 0. The van der Waals surface area contributed by atoms with E-state index in [9.17, 15) is 18.0 Å². The summed E-state index contributed by atoms with van der Waals surface area (Å²) in [5.74, 6) is -0.397. The summed E-state index contributed by atoms with van der Waals surface area (Å²) in [5, 5.41) is 0. The van der Waals surface area contributed by atoms with Crippen LogP contribution in [0.25, 0.3) is 11.3 Å². The summed E-state index contributed by atoms with van der Waals surface area (Å²) in [6.07, 6.45) is 0.231. The number of alkyl halides is 1. The number of hydrogen-bond acceptors (Lipinski definition) is 3. The van der Waals surface area contributed by atoms with Crippen LogP contribution in [0.1, 0.15) is 38.2 Å². The zero-order chi connectivity index (χ0) is 25.0. The first kappa shape index (κ1) is 25.3. The lowest BCUT2D eigenvalue weighted by atomic mass is 9.84. The van der Waals surface area contributed by atoms with E-state index in [1.54, 1.807) is 35.0 Å². The number of aromatic nitrogens is 2. The molecule has 1 aromatic heterocycles. The molecule has 0 spiro atoms. The van der Waals surface area contributed by atoms with Crippen LogP contribution in [0, 0.1) is 17.0 Å². The molecule has 34 heavy (non-hydrogen) atoms. The Balaban J connectivity index is 2.18. The molecule has 0 saturated heterocycles. The van der Waals surface area contributed by atoms with E-state index < -0.39 is 29.5 Å². The van der Waals surface area contributed by atoms with E-state index >= 15 is 0 Å². The number of rotatable bonds is 8. The molecule has 1 heterocycles. The number of nitrogens with two attached hydrogens (primary N) is 2. The number of benzene rings is 2. The van der Waals surface area contributed by atoms with Crippen LogP contribution in [0.2, 0.25) is 0 Å². The highest BCUT2D eigenvalue weighted by molar-refractivity contribution is 5.73. The van der Waals surface area contributed by atoms with Crippen LogP contribution in [0.15, 0.2) is 54.7 Å². The zero-order valence-corrected chi connectivity index (χ0v) is 19.5. The molecule has 1 unspecified atom stereocenters. The largest absolute Gasteiger partial charge is 0.351 e. The molecule has 2 atom stereocenters. The molecule has 3 rings (SSSR count). The van der Waals surface area contributed by atoms with Gasteiger partial charge in [0.15, 0.2) is 0 Å². The topological polar surface area (TPSA) is 90.2 Å². The Hall–Kier alpha value is -3.33. The monoisotopic (exact) mass is 473 g/mol. The third-order valence-corrected chi connectivity index (χ3v) is 5.48. The van der Waals surface area contributed by atoms with E-state index in [1.165, 1.54) is 29.2 Å². The van der Waals surface area contributed by atoms with Crippen LogP contribution < -0.4 is 11.5 Å². The average Bonchev–Trinajstić information content (AvgIpc) is 3.15. The number of imidazole rings is 1. The van der Waals surface area contributed by atoms with Crippen LogP contribution in [0.4, 0.5) is 18.0 Å². The van der Waals surface area contributed by atoms with Crippen molar-refractivity contribution in [3.63, 3.8) is 0 Å². The van der Waals surface area contributed by atoms with Crippen LogP contribution in [0.3, 0.4) is 0 Å². The van der Waals surface area contributed by atoms with Crippen LogP contribution in [-0.2, 0) is 6.54 Å². The van der Waals surface area contributed by atoms with Crippen molar-refractivity contribution in [2.75, 3.05) is 13.1 Å². The summed E-state index contributed by atoms with van der Waals surface area (Å²) in [6.45, 7) is 5.29. The van der Waals surface area contributed by atoms with Crippen molar-refractivity contribution in [1.82, 2.24) is 14.5 Å². The Labute approximate surface area is 197 Å². The smallest absolute Gasteiger partial charge is 0.315 e. The van der Waals surface area contributed by atoms with Gasteiger partial charge in [-0.1, -0.05) is 45.0 Å². The van der Waals surface area contributed by atoms with Crippen LogP contribution in [0.5, 0.6) is 0 Å². The van der Waals surface area contributed by atoms with Crippen molar-refractivity contribution in [3.05, 3.63) is 77.8 Å². The van der Waals surface area contributed by atoms with Gasteiger partial charge in [-0.05, 0) is 35.2 Å². The minimum Gasteiger partial charge on any atom is -0.351 e. The summed E-state index contributed by atoms with van der Waals surface area (Å²) in [4.78, 5) is 18.4. The predicted molar refractivity (Wildman–Crippen MR) is 126 cm³/mol. The maximum atomic E-state index is 14.3. The fourth-order valence-corrected chi connectivity index (χ4v) is 4.00. The van der Waals surface area contributed by atoms with Gasteiger partial charge in [-0.25, -0.2) is 22.9 Å². The lowest BCUT2D eigenvalue weighted by Crippen LogP contribution is -2.48. The zero-order valence-electron chi connectivity index (χ0n) is 19.5. The van der Waals surface area contributed by atoms with Gasteiger partial charge >= 0.3 is 6.03 Å². The van der Waals surface area contributed by atoms with E-state index in [-0.39, 0.29) is 25.5 Å². The fourth-order valence-electron chi connectivity index (χ4n) is 4.00. The van der Waals surface area contributed by atoms with E-state index in [0.29, 0.717) is 22.6 Å². The van der Waals surface area contributed by atoms with Crippen LogP contribution >= 0.6 is 0 Å². The SMILES string of the molecule is CC(C)(C)[C@H](c1nc(-c2cccc(F)c2)cn1Cc1cccc(F)c1)N(CC(F)CN)C(N)=O. The van der Waals surface area contributed by atoms with Crippen molar-refractivity contribution < 1.29 is 18.0 Å². The molecule has 0 aliphatic heterocycles. The Morgan fingerprint density at radius 1 is 1.12 bits per heavy atom. The summed E-state index contributed by atoms with van der Waals surface area (Å²) in [5.41, 5.74) is 12.2. The number of urea groups is 1. The van der Waals surface area contributed by atoms with Gasteiger partial charge in [-0.3, -0.25) is 0 Å². The Morgan fingerprint density at radius 3 is 2.32 bits per heavy atom. The normalized spacial score (nSPS) is 13.5. The minimum atomic E-state index is -1.48. The molecule has 0 aliphatic rings. The van der Waals surface area contributed by atoms with Crippen molar-refractivity contribution in [1.29, 1.82) is 0 Å². The van der Waals surface area contributed by atoms with Crippen molar-refractivity contribution in [2.24, 2.45) is 16.9 Å². The number of carbonyl (C=O) groups excluding carboxylic acids is 1. The minimum absolute atomic E-state index is 0.227. The van der Waals surface area contributed by atoms with E-state index in [2.05, 4.69) is 0 Å². The number of amides is 2. The average molecular weight is 474 g/mol. The predicted octanol–water partition coefficient (Wildman–Crippen LogP) is 4.64. The number of hydrogen-bond donors (Lipinski definition) is 2. The van der Waals surface area contributed by atoms with Crippen molar-refractivity contribution >= 4 is 6.03 Å². The molecule has 182 valence electrons. The molecule has 0 aliphatic carbocycles. The highest BCUT2D eigenvalue weighted by Gasteiger charge is 2.38. The molecule has 3 aromatic rings. The number of nitrogens with zero attached hydrogens (tertiary/aromatic N) is 3. The Kier molecular flexibility index (Phi) is 7.66. The molecule has 0 fully saturated rings. The Morgan fingerprint density at radius 2 is 1.76 bits per heavy atom. The second kappa shape index (κ2) is 10.3. The molecule has 0 bridgehead atoms. The maximum absolute atomic E-state index is 14.3. The first-order valence-corrected chi connectivity index (χ1v) is 11.0. The second-order valence-electron chi connectivity index (χ2n) is 9.34. The quantitative estimate of drug-likeness (QED) is 0.499. The number of halogens is 3. The third kappa shape index (κ3) is 5.96. The van der Waals surface area contributed by atoms with Gasteiger partial charge in [0.2, 0.25) is 0 Å². The molecule has 4 N–H and O–H groups in total. The first-order chi connectivity index (χ1) is 16.0. The molecule has 0 saturated carbocycles. The third-order valence-electron chi connectivity index (χ3n) is 5.48. The van der Waals surface area contributed by atoms with Gasteiger partial charge in [-0.15, -0.1) is 0 Å². The molecular weight excluding hydrogens is 443 g/mol. The Bertz CT molecular complexity index is 1140. The van der Waals surface area contributed by atoms with Gasteiger partial charge in [0, 0.05) is 24.8 Å². The summed E-state index contributed by atoms with van der Waals surface area (Å²) in [6, 6.07) is 10.5. The standard InChI is InChI=1S/C25H30F3N5O/c1-25(2,3)22(33(24(30)34)14-20(28)12-29)23-31-21(17-7-5-9-19(27)11-17)15-32(23)13-16-6-4-8-18(26)10-16/h4-11,15,20,22H,12-14,29H2,1-3H3,(H2,30,34)/t20?,22-/m0/s1. The van der Waals surface area contributed by atoms with Gasteiger partial charge in [0.25, 0.3) is 0 Å². The fraction of sp³-hybridized carbons (Fsp3) is 0.360. The summed E-state index contributed by atoms with van der Waals surface area (Å²) >= 11 is 0. The van der Waals surface area contributed by atoms with Gasteiger partial charge in [0.05, 0.1) is 18.3 Å². The number of carbonyl (C=O) groups is 1.